The Labute approximate surface area is 247 Å². The van der Waals surface area contributed by atoms with Gasteiger partial charge in [-0.15, -0.1) is 0 Å². The monoisotopic (exact) mass is 603 g/mol. The van der Waals surface area contributed by atoms with Crippen LogP contribution in [0.15, 0.2) is 83.8 Å². The molecule has 1 N–H and O–H groups in total. The minimum absolute atomic E-state index is 0.0130. The Morgan fingerprint density at radius 1 is 0.900 bits per heavy atom. The molecule has 0 aromatic heterocycles. The summed E-state index contributed by atoms with van der Waals surface area (Å²) in [5.74, 6) is -0.773. The number of rotatable bonds is 14. The van der Waals surface area contributed by atoms with Crippen LogP contribution >= 0.6 is 23.2 Å². The molecular weight excluding hydrogens is 569 g/mol. The lowest BCUT2D eigenvalue weighted by Gasteiger charge is -2.33. The van der Waals surface area contributed by atoms with E-state index in [0.717, 1.165) is 22.7 Å². The van der Waals surface area contributed by atoms with Gasteiger partial charge in [-0.1, -0.05) is 92.0 Å². The Hall–Kier alpha value is -3.07. The molecule has 1 atom stereocenters. The summed E-state index contributed by atoms with van der Waals surface area (Å²) in [6.45, 7) is 4.06. The number of anilines is 1. The van der Waals surface area contributed by atoms with Crippen molar-refractivity contribution in [2.24, 2.45) is 0 Å². The minimum Gasteiger partial charge on any atom is -0.354 e. The van der Waals surface area contributed by atoms with Gasteiger partial charge in [-0.25, -0.2) is 8.42 Å². The maximum Gasteiger partial charge on any atom is 0.264 e. The number of hydrogen-bond donors (Lipinski definition) is 1. The van der Waals surface area contributed by atoms with Crippen LogP contribution in [-0.4, -0.2) is 50.8 Å². The molecule has 2 amide bonds. The molecule has 0 bridgehead atoms. The van der Waals surface area contributed by atoms with E-state index in [-0.39, 0.29) is 33.1 Å². The molecule has 7 nitrogen and oxygen atoms in total. The van der Waals surface area contributed by atoms with Crippen molar-refractivity contribution in [3.05, 3.63) is 94.5 Å². The van der Waals surface area contributed by atoms with Crippen molar-refractivity contribution >= 4 is 50.7 Å². The summed E-state index contributed by atoms with van der Waals surface area (Å²) in [5, 5.41) is 3.38. The molecule has 40 heavy (non-hydrogen) atoms. The molecule has 0 saturated carbocycles. The third-order valence-corrected chi connectivity index (χ3v) is 8.67. The highest BCUT2D eigenvalue weighted by Crippen LogP contribution is 2.30. The van der Waals surface area contributed by atoms with Crippen molar-refractivity contribution in [1.29, 1.82) is 0 Å². The van der Waals surface area contributed by atoms with Crippen LogP contribution in [0.25, 0.3) is 0 Å². The fourth-order valence-corrected chi connectivity index (χ4v) is 6.27. The first-order valence-electron chi connectivity index (χ1n) is 13.3. The molecular formula is C30H35Cl2N3O4S. The third-order valence-electron chi connectivity index (χ3n) is 6.45. The maximum atomic E-state index is 14.0. The van der Waals surface area contributed by atoms with E-state index in [1.807, 2.05) is 44.2 Å². The Morgan fingerprint density at radius 3 is 2.08 bits per heavy atom. The van der Waals surface area contributed by atoms with E-state index in [9.17, 15) is 18.0 Å². The third kappa shape index (κ3) is 8.46. The summed E-state index contributed by atoms with van der Waals surface area (Å²) >= 11 is 12.5. The number of amides is 2. The van der Waals surface area contributed by atoms with Gasteiger partial charge in [0.2, 0.25) is 11.8 Å². The van der Waals surface area contributed by atoms with Crippen LogP contribution < -0.4 is 9.62 Å². The Balaban J connectivity index is 2.00. The molecule has 0 radical (unpaired) electrons. The molecule has 0 fully saturated rings. The summed E-state index contributed by atoms with van der Waals surface area (Å²) in [4.78, 5) is 28.7. The number of nitrogens with one attached hydrogen (secondary N) is 1. The molecule has 0 aliphatic carbocycles. The van der Waals surface area contributed by atoms with Gasteiger partial charge < -0.3 is 10.2 Å². The number of unbranched alkanes of at least 4 members (excludes halogenated alkanes) is 1. The topological polar surface area (TPSA) is 86.8 Å². The Bertz CT molecular complexity index is 1350. The summed E-state index contributed by atoms with van der Waals surface area (Å²) < 4.78 is 28.7. The quantitative estimate of drug-likeness (QED) is 0.230. The number of benzene rings is 3. The molecule has 10 heteroatoms. The molecule has 0 saturated heterocycles. The zero-order valence-electron chi connectivity index (χ0n) is 22.7. The highest BCUT2D eigenvalue weighted by atomic mass is 35.5. The average molecular weight is 605 g/mol. The average Bonchev–Trinajstić information content (AvgIpc) is 2.94. The smallest absolute Gasteiger partial charge is 0.264 e. The zero-order chi connectivity index (χ0) is 29.1. The van der Waals surface area contributed by atoms with Crippen molar-refractivity contribution in [3.63, 3.8) is 0 Å². The first-order valence-corrected chi connectivity index (χ1v) is 15.5. The van der Waals surface area contributed by atoms with Crippen LogP contribution in [0.2, 0.25) is 10.0 Å². The van der Waals surface area contributed by atoms with Crippen LogP contribution in [0.5, 0.6) is 0 Å². The van der Waals surface area contributed by atoms with Gasteiger partial charge >= 0.3 is 0 Å². The van der Waals surface area contributed by atoms with E-state index in [4.69, 9.17) is 23.2 Å². The molecule has 0 aliphatic rings. The van der Waals surface area contributed by atoms with Crippen molar-refractivity contribution in [3.8, 4) is 0 Å². The lowest BCUT2D eigenvalue weighted by atomic mass is 10.1. The first-order chi connectivity index (χ1) is 19.2. The fraction of sp³-hybridized carbons (Fsp3) is 0.333. The van der Waals surface area contributed by atoms with Gasteiger partial charge in [0.1, 0.15) is 12.6 Å². The first kappa shape index (κ1) is 31.5. The molecule has 0 spiro atoms. The van der Waals surface area contributed by atoms with Gasteiger partial charge in [-0.3, -0.25) is 13.9 Å². The van der Waals surface area contributed by atoms with Gasteiger partial charge in [0, 0.05) is 23.1 Å². The van der Waals surface area contributed by atoms with E-state index < -0.39 is 28.5 Å². The van der Waals surface area contributed by atoms with Gasteiger partial charge in [-0.2, -0.15) is 0 Å². The van der Waals surface area contributed by atoms with Crippen LogP contribution in [0.1, 0.15) is 38.7 Å². The number of nitrogens with zero attached hydrogens (tertiary/aromatic N) is 2. The van der Waals surface area contributed by atoms with E-state index in [1.165, 1.54) is 35.2 Å². The van der Waals surface area contributed by atoms with Crippen molar-refractivity contribution in [2.45, 2.75) is 50.5 Å². The molecule has 3 aromatic carbocycles. The predicted octanol–water partition coefficient (Wildman–Crippen LogP) is 5.95. The molecule has 0 unspecified atom stereocenters. The zero-order valence-corrected chi connectivity index (χ0v) is 25.1. The molecule has 214 valence electrons. The Kier molecular flexibility index (Phi) is 11.9. The second-order valence-corrected chi connectivity index (χ2v) is 12.1. The summed E-state index contributed by atoms with van der Waals surface area (Å²) in [7, 11) is -4.19. The van der Waals surface area contributed by atoms with Gasteiger partial charge in [0.25, 0.3) is 10.0 Å². The SMILES string of the molecule is CCCCNC(=O)[C@H](CC)N(CCc1ccccc1)C(=O)CN(c1cc(Cl)cc(Cl)c1)S(=O)(=O)c1ccccc1. The lowest BCUT2D eigenvalue weighted by Crippen LogP contribution is -2.53. The van der Waals surface area contributed by atoms with Crippen LogP contribution in [0, 0.1) is 0 Å². The van der Waals surface area contributed by atoms with Crippen molar-refractivity contribution < 1.29 is 18.0 Å². The highest BCUT2D eigenvalue weighted by molar-refractivity contribution is 7.92. The fourth-order valence-electron chi connectivity index (χ4n) is 4.33. The number of sulfonamides is 1. The van der Waals surface area contributed by atoms with E-state index in [1.54, 1.807) is 18.2 Å². The van der Waals surface area contributed by atoms with Crippen LogP contribution in [-0.2, 0) is 26.0 Å². The van der Waals surface area contributed by atoms with Crippen LogP contribution in [0.3, 0.4) is 0 Å². The molecule has 3 aromatic rings. The van der Waals surface area contributed by atoms with Gasteiger partial charge in [0.05, 0.1) is 10.6 Å². The number of hydrogen-bond acceptors (Lipinski definition) is 4. The minimum atomic E-state index is -4.19. The number of carbonyl (C=O) groups excluding carboxylic acids is 2. The molecule has 3 rings (SSSR count). The van der Waals surface area contributed by atoms with Gasteiger partial charge in [-0.05, 0) is 55.2 Å². The van der Waals surface area contributed by atoms with E-state index >= 15 is 0 Å². The number of carbonyl (C=O) groups is 2. The number of halogens is 2. The maximum absolute atomic E-state index is 14.0. The second-order valence-electron chi connectivity index (χ2n) is 9.34. The van der Waals surface area contributed by atoms with Crippen LogP contribution in [0.4, 0.5) is 5.69 Å². The summed E-state index contributed by atoms with van der Waals surface area (Å²) in [5.41, 5.74) is 1.15. The molecule has 0 aliphatic heterocycles. The lowest BCUT2D eigenvalue weighted by molar-refractivity contribution is -0.139. The van der Waals surface area contributed by atoms with E-state index in [2.05, 4.69) is 5.32 Å². The highest BCUT2D eigenvalue weighted by Gasteiger charge is 2.33. The normalized spacial score (nSPS) is 12.0. The predicted molar refractivity (Wildman–Crippen MR) is 161 cm³/mol. The standard InChI is InChI=1S/C30H35Cl2N3O4S/c1-3-5-17-33-30(37)28(4-2)34(18-16-23-12-8-6-9-13-23)29(36)22-35(26-20-24(31)19-25(32)21-26)40(38,39)27-14-10-7-11-15-27/h6-15,19-21,28H,3-5,16-18,22H2,1-2H3,(H,33,37)/t28-/m0/s1. The Morgan fingerprint density at radius 2 is 1.50 bits per heavy atom. The summed E-state index contributed by atoms with van der Waals surface area (Å²) in [6.07, 6.45) is 2.60. The van der Waals surface area contributed by atoms with E-state index in [0.29, 0.717) is 19.4 Å². The van der Waals surface area contributed by atoms with Gasteiger partial charge in [0.15, 0.2) is 0 Å². The molecule has 0 heterocycles. The summed E-state index contributed by atoms with van der Waals surface area (Å²) in [6, 6.07) is 21.1. The second kappa shape index (κ2) is 15.1. The largest absolute Gasteiger partial charge is 0.354 e. The van der Waals surface area contributed by atoms with Crippen molar-refractivity contribution in [2.75, 3.05) is 23.9 Å². The van der Waals surface area contributed by atoms with Crippen molar-refractivity contribution in [1.82, 2.24) is 10.2 Å².